The number of anilines is 1. The van der Waals surface area contributed by atoms with Gasteiger partial charge in [-0.15, -0.1) is 8.78 Å². The SMILES string of the molecule is O=C(Nc1cc2ccccc2c(-c2ccc3[nH]ncc3c2)n1)C1(c2ccc3c(c2)OC(F)(F)O3)CC1.[HH].[HH]. The van der Waals surface area contributed by atoms with Crippen molar-refractivity contribution < 1.29 is 25.9 Å². The number of nitrogens with zero attached hydrogens (tertiary/aromatic N) is 2. The second-order valence-corrected chi connectivity index (χ2v) is 9.11. The largest absolute Gasteiger partial charge is 0.586 e. The molecule has 1 fully saturated rings. The molecule has 0 saturated heterocycles. The summed E-state index contributed by atoms with van der Waals surface area (Å²) in [6.07, 6.45) is -0.769. The van der Waals surface area contributed by atoms with Gasteiger partial charge < -0.3 is 14.8 Å². The number of halogens is 2. The molecule has 1 saturated carbocycles. The molecule has 7 nitrogen and oxygen atoms in total. The van der Waals surface area contributed by atoms with E-state index >= 15 is 0 Å². The smallest absolute Gasteiger partial charge is 0.395 e. The zero-order chi connectivity index (χ0) is 24.5. The number of aromatic nitrogens is 3. The summed E-state index contributed by atoms with van der Waals surface area (Å²) in [4.78, 5) is 18.3. The van der Waals surface area contributed by atoms with E-state index < -0.39 is 11.7 Å². The van der Waals surface area contributed by atoms with E-state index in [4.69, 9.17) is 4.98 Å². The first kappa shape index (κ1) is 20.8. The maximum absolute atomic E-state index is 13.5. The van der Waals surface area contributed by atoms with E-state index in [1.807, 2.05) is 48.5 Å². The normalized spacial score (nSPS) is 16.8. The van der Waals surface area contributed by atoms with Gasteiger partial charge in [-0.05, 0) is 54.1 Å². The Morgan fingerprint density at radius 1 is 0.972 bits per heavy atom. The van der Waals surface area contributed by atoms with E-state index in [1.165, 1.54) is 12.1 Å². The van der Waals surface area contributed by atoms with Gasteiger partial charge in [-0.1, -0.05) is 36.4 Å². The molecule has 9 heteroatoms. The van der Waals surface area contributed by atoms with Gasteiger partial charge in [0.1, 0.15) is 5.82 Å². The van der Waals surface area contributed by atoms with Gasteiger partial charge in [0, 0.05) is 19.2 Å². The number of hydrogen-bond acceptors (Lipinski definition) is 5. The summed E-state index contributed by atoms with van der Waals surface area (Å²) in [5.74, 6) is 0.0550. The number of amides is 1. The Balaban J connectivity index is 0.00000147. The number of carbonyl (C=O) groups excluding carboxylic acids is 1. The van der Waals surface area contributed by atoms with Gasteiger partial charge >= 0.3 is 6.29 Å². The minimum absolute atomic E-state index is 0. The molecule has 2 aliphatic rings. The molecule has 0 atom stereocenters. The van der Waals surface area contributed by atoms with Crippen LogP contribution in [0.1, 0.15) is 21.3 Å². The van der Waals surface area contributed by atoms with Crippen molar-refractivity contribution in [1.29, 1.82) is 0 Å². The number of H-pyrrole nitrogens is 1. The van der Waals surface area contributed by atoms with Crippen molar-refractivity contribution in [1.82, 2.24) is 15.2 Å². The number of benzene rings is 3. The molecule has 0 spiro atoms. The fraction of sp³-hybridized carbons (Fsp3) is 0.148. The average Bonchev–Trinajstić information content (AvgIpc) is 3.43. The number of hydrogen-bond donors (Lipinski definition) is 2. The molecule has 182 valence electrons. The molecule has 1 aliphatic carbocycles. The van der Waals surface area contributed by atoms with Gasteiger partial charge in [0.15, 0.2) is 11.5 Å². The first-order chi connectivity index (χ1) is 17.4. The van der Waals surface area contributed by atoms with E-state index in [2.05, 4.69) is 25.0 Å². The zero-order valence-corrected chi connectivity index (χ0v) is 18.7. The second kappa shape index (κ2) is 7.24. The van der Waals surface area contributed by atoms with Crippen molar-refractivity contribution in [2.24, 2.45) is 0 Å². The van der Waals surface area contributed by atoms with Crippen molar-refractivity contribution in [3.8, 4) is 22.8 Å². The van der Waals surface area contributed by atoms with Crippen LogP contribution in [0.4, 0.5) is 14.6 Å². The lowest BCUT2D eigenvalue weighted by Crippen LogP contribution is -2.28. The van der Waals surface area contributed by atoms with Gasteiger partial charge in [0.2, 0.25) is 5.91 Å². The Hall–Kier alpha value is -4.53. The topological polar surface area (TPSA) is 89.1 Å². The summed E-state index contributed by atoms with van der Waals surface area (Å²) in [6.45, 7) is 0. The van der Waals surface area contributed by atoms with Crippen LogP contribution in [0.5, 0.6) is 11.5 Å². The molecule has 0 radical (unpaired) electrons. The number of pyridine rings is 1. The maximum atomic E-state index is 13.5. The molecule has 2 N–H and O–H groups in total. The second-order valence-electron chi connectivity index (χ2n) is 9.11. The lowest BCUT2D eigenvalue weighted by atomic mass is 9.94. The molecule has 3 aromatic carbocycles. The molecule has 1 aliphatic heterocycles. The lowest BCUT2D eigenvalue weighted by molar-refractivity contribution is -0.286. The summed E-state index contributed by atoms with van der Waals surface area (Å²) in [6, 6.07) is 20.1. The highest BCUT2D eigenvalue weighted by Gasteiger charge is 2.53. The molecular formula is C27H22F2N4O3. The lowest BCUT2D eigenvalue weighted by Gasteiger charge is -2.17. The van der Waals surface area contributed by atoms with Crippen LogP contribution in [-0.2, 0) is 10.2 Å². The maximum Gasteiger partial charge on any atom is 0.586 e. The van der Waals surface area contributed by atoms with Crippen LogP contribution in [0.25, 0.3) is 32.9 Å². The number of aromatic amines is 1. The third-order valence-electron chi connectivity index (χ3n) is 6.83. The van der Waals surface area contributed by atoms with Crippen molar-refractivity contribution >= 4 is 33.4 Å². The number of rotatable bonds is 4. The van der Waals surface area contributed by atoms with E-state index in [1.54, 1.807) is 12.3 Å². The summed E-state index contributed by atoms with van der Waals surface area (Å²) in [5.41, 5.74) is 2.33. The molecule has 1 amide bonds. The molecule has 36 heavy (non-hydrogen) atoms. The average molecular weight is 488 g/mol. The van der Waals surface area contributed by atoms with Crippen LogP contribution in [0.2, 0.25) is 0 Å². The fourth-order valence-corrected chi connectivity index (χ4v) is 4.83. The third kappa shape index (κ3) is 3.27. The van der Waals surface area contributed by atoms with Crippen molar-refractivity contribution in [3.63, 3.8) is 0 Å². The Kier molecular flexibility index (Phi) is 4.18. The van der Waals surface area contributed by atoms with Gasteiger partial charge in [0.05, 0.1) is 22.8 Å². The number of nitrogens with one attached hydrogen (secondary N) is 2. The minimum Gasteiger partial charge on any atom is -0.395 e. The van der Waals surface area contributed by atoms with E-state index in [9.17, 15) is 13.6 Å². The Morgan fingerprint density at radius 2 is 1.81 bits per heavy atom. The minimum atomic E-state index is -3.70. The standard InChI is InChI=1S/C27H18F2N4O3.2H2/c28-27(29)35-21-8-6-18(13-22(21)36-27)26(9-10-26)25(34)32-23-12-15-3-1-2-4-19(15)24(31-23)16-5-7-20-17(11-16)14-30-33-20;;/h1-8,11-14H,9-10H2,(H,30,33)(H,31,32,34);2*1H. The predicted molar refractivity (Wildman–Crippen MR) is 133 cm³/mol. The molecule has 2 aromatic heterocycles. The first-order valence-corrected chi connectivity index (χ1v) is 11.5. The highest BCUT2D eigenvalue weighted by atomic mass is 19.3. The van der Waals surface area contributed by atoms with Crippen LogP contribution >= 0.6 is 0 Å². The summed E-state index contributed by atoms with van der Waals surface area (Å²) in [5, 5.41) is 12.8. The van der Waals surface area contributed by atoms with Crippen molar-refractivity contribution in [2.45, 2.75) is 24.6 Å². The molecular weight excluding hydrogens is 466 g/mol. The van der Waals surface area contributed by atoms with Crippen molar-refractivity contribution in [2.75, 3.05) is 5.32 Å². The van der Waals surface area contributed by atoms with Crippen LogP contribution in [0, 0.1) is 0 Å². The number of fused-ring (bicyclic) bond motifs is 3. The third-order valence-corrected chi connectivity index (χ3v) is 6.83. The number of carbonyl (C=O) groups is 1. The van der Waals surface area contributed by atoms with E-state index in [0.29, 0.717) is 24.2 Å². The highest BCUT2D eigenvalue weighted by Crippen LogP contribution is 2.52. The van der Waals surface area contributed by atoms with Crippen LogP contribution < -0.4 is 14.8 Å². The highest BCUT2D eigenvalue weighted by molar-refractivity contribution is 6.04. The number of alkyl halides is 2. The predicted octanol–water partition coefficient (Wildman–Crippen LogP) is 6.26. The van der Waals surface area contributed by atoms with Gasteiger partial charge in [0.25, 0.3) is 0 Å². The monoisotopic (exact) mass is 488 g/mol. The van der Waals surface area contributed by atoms with Crippen molar-refractivity contribution in [3.05, 3.63) is 78.5 Å². The van der Waals surface area contributed by atoms with E-state index in [0.717, 1.165) is 32.9 Å². The van der Waals surface area contributed by atoms with Crippen LogP contribution in [-0.4, -0.2) is 27.4 Å². The summed E-state index contributed by atoms with van der Waals surface area (Å²) < 4.78 is 36.0. The molecule has 3 heterocycles. The molecule has 0 unspecified atom stereocenters. The Labute approximate surface area is 206 Å². The van der Waals surface area contributed by atoms with Gasteiger partial charge in [-0.2, -0.15) is 5.10 Å². The van der Waals surface area contributed by atoms with Crippen LogP contribution in [0.3, 0.4) is 0 Å². The summed E-state index contributed by atoms with van der Waals surface area (Å²) in [7, 11) is 0. The molecule has 0 bridgehead atoms. The Morgan fingerprint density at radius 3 is 2.67 bits per heavy atom. The fourth-order valence-electron chi connectivity index (χ4n) is 4.83. The van der Waals surface area contributed by atoms with E-state index in [-0.39, 0.29) is 20.3 Å². The molecule has 7 rings (SSSR count). The zero-order valence-electron chi connectivity index (χ0n) is 18.7. The van der Waals surface area contributed by atoms with Crippen LogP contribution in [0.15, 0.2) is 72.9 Å². The first-order valence-electron chi connectivity index (χ1n) is 11.5. The van der Waals surface area contributed by atoms with Gasteiger partial charge in [-0.25, -0.2) is 4.98 Å². The molecule has 5 aromatic rings. The number of ether oxygens (including phenoxy) is 2. The van der Waals surface area contributed by atoms with Gasteiger partial charge in [-0.3, -0.25) is 9.89 Å². The quantitative estimate of drug-likeness (QED) is 0.312. The summed E-state index contributed by atoms with van der Waals surface area (Å²) >= 11 is 0. The Bertz CT molecular complexity index is 1700.